The van der Waals surface area contributed by atoms with Crippen molar-refractivity contribution in [3.05, 3.63) is 23.8 Å². The van der Waals surface area contributed by atoms with Gasteiger partial charge in [0.25, 0.3) is 11.8 Å². The molecule has 26 heavy (non-hydrogen) atoms. The lowest BCUT2D eigenvalue weighted by molar-refractivity contribution is -0.122. The number of carbonyl (C=O) groups is 3. The van der Waals surface area contributed by atoms with Crippen molar-refractivity contribution in [3.8, 4) is 5.75 Å². The Hall–Kier alpha value is -2.77. The van der Waals surface area contributed by atoms with Crippen LogP contribution in [0.4, 0.5) is 10.5 Å². The second kappa shape index (κ2) is 7.23. The fraction of sp³-hybridized carbons (Fsp3) is 0.500. The third-order valence-corrected chi connectivity index (χ3v) is 4.42. The molecule has 1 fully saturated rings. The van der Waals surface area contributed by atoms with E-state index in [1.807, 2.05) is 13.8 Å². The van der Waals surface area contributed by atoms with Gasteiger partial charge in [-0.15, -0.1) is 0 Å². The van der Waals surface area contributed by atoms with Crippen molar-refractivity contribution in [1.29, 1.82) is 0 Å². The van der Waals surface area contributed by atoms with Gasteiger partial charge in [0, 0.05) is 37.8 Å². The molecule has 0 bridgehead atoms. The zero-order valence-corrected chi connectivity index (χ0v) is 15.2. The van der Waals surface area contributed by atoms with Crippen LogP contribution in [0.25, 0.3) is 0 Å². The Balaban J connectivity index is 1.63. The fourth-order valence-corrected chi connectivity index (χ4v) is 2.98. The van der Waals surface area contributed by atoms with Gasteiger partial charge in [0.05, 0.1) is 5.69 Å². The number of piperazine rings is 1. The molecule has 0 radical (unpaired) electrons. The van der Waals surface area contributed by atoms with Crippen LogP contribution in [0.15, 0.2) is 18.2 Å². The van der Waals surface area contributed by atoms with Gasteiger partial charge < -0.3 is 25.2 Å². The minimum atomic E-state index is -0.547. The molecular weight excluding hydrogens is 336 g/mol. The third kappa shape index (κ3) is 3.74. The average molecular weight is 360 g/mol. The molecule has 1 aromatic carbocycles. The summed E-state index contributed by atoms with van der Waals surface area (Å²) in [5, 5.41) is 5.61. The summed E-state index contributed by atoms with van der Waals surface area (Å²) in [4.78, 5) is 39.9. The Morgan fingerprint density at radius 3 is 2.50 bits per heavy atom. The van der Waals surface area contributed by atoms with Crippen LogP contribution in [0.5, 0.6) is 5.75 Å². The number of rotatable bonds is 2. The number of benzene rings is 1. The molecule has 3 rings (SSSR count). The lowest BCUT2D eigenvalue weighted by Crippen LogP contribution is -2.54. The van der Waals surface area contributed by atoms with Crippen molar-refractivity contribution in [2.75, 3.05) is 31.5 Å². The number of ether oxygens (including phenoxy) is 1. The number of nitrogens with zero attached hydrogens (tertiary/aromatic N) is 2. The largest absolute Gasteiger partial charge is 0.479 e. The first kappa shape index (κ1) is 18.0. The van der Waals surface area contributed by atoms with Crippen LogP contribution in [0.1, 0.15) is 31.1 Å². The second-order valence-corrected chi connectivity index (χ2v) is 6.84. The van der Waals surface area contributed by atoms with Crippen molar-refractivity contribution in [3.63, 3.8) is 0 Å². The highest BCUT2D eigenvalue weighted by molar-refractivity contribution is 6.01. The second-order valence-electron chi connectivity index (χ2n) is 6.84. The van der Waals surface area contributed by atoms with Crippen LogP contribution in [0, 0.1) is 0 Å². The molecule has 140 valence electrons. The highest BCUT2D eigenvalue weighted by Gasteiger charge is 2.27. The molecule has 1 saturated heterocycles. The van der Waals surface area contributed by atoms with Crippen molar-refractivity contribution in [2.45, 2.75) is 32.9 Å². The summed E-state index contributed by atoms with van der Waals surface area (Å²) in [7, 11) is 0. The smallest absolute Gasteiger partial charge is 0.317 e. The molecular formula is C18H24N4O4. The van der Waals surface area contributed by atoms with Gasteiger partial charge in [-0.1, -0.05) is 0 Å². The summed E-state index contributed by atoms with van der Waals surface area (Å²) in [5.74, 6) is 0.209. The summed E-state index contributed by atoms with van der Waals surface area (Å²) in [6, 6.07) is 5.01. The molecule has 2 aliphatic heterocycles. The number of hydrogen-bond acceptors (Lipinski definition) is 4. The van der Waals surface area contributed by atoms with Crippen molar-refractivity contribution in [1.82, 2.24) is 15.1 Å². The number of carbonyl (C=O) groups excluding carboxylic acids is 3. The molecule has 1 atom stereocenters. The molecule has 8 heteroatoms. The van der Waals surface area contributed by atoms with E-state index in [0.29, 0.717) is 43.2 Å². The minimum Gasteiger partial charge on any atom is -0.479 e. The number of fused-ring (bicyclic) bond motifs is 1. The summed E-state index contributed by atoms with van der Waals surface area (Å²) in [6.07, 6.45) is -0.547. The van der Waals surface area contributed by atoms with Crippen LogP contribution < -0.4 is 15.4 Å². The molecule has 4 amide bonds. The van der Waals surface area contributed by atoms with Crippen molar-refractivity contribution in [2.24, 2.45) is 0 Å². The zero-order valence-electron chi connectivity index (χ0n) is 15.2. The number of hydrogen-bond donors (Lipinski definition) is 2. The maximum Gasteiger partial charge on any atom is 0.317 e. The molecule has 0 saturated carbocycles. The van der Waals surface area contributed by atoms with Gasteiger partial charge in [-0.3, -0.25) is 9.59 Å². The number of urea groups is 1. The standard InChI is InChI=1S/C18H24N4O4/c1-11(2)19-18(25)22-8-6-21(7-9-22)17(24)13-4-5-15-14(10-13)20-16(23)12(3)26-15/h4-5,10-12H,6-9H2,1-3H3,(H,19,25)(H,20,23). The van der Waals surface area contributed by atoms with Crippen LogP contribution in [0.2, 0.25) is 0 Å². The monoisotopic (exact) mass is 360 g/mol. The van der Waals surface area contributed by atoms with E-state index < -0.39 is 6.10 Å². The number of amides is 4. The van der Waals surface area contributed by atoms with Gasteiger partial charge in [0.2, 0.25) is 0 Å². The maximum atomic E-state index is 12.7. The van der Waals surface area contributed by atoms with Gasteiger partial charge in [-0.05, 0) is 39.0 Å². The van der Waals surface area contributed by atoms with Gasteiger partial charge in [0.15, 0.2) is 6.10 Å². The number of nitrogens with one attached hydrogen (secondary N) is 2. The molecule has 0 aromatic heterocycles. The quantitative estimate of drug-likeness (QED) is 0.831. The van der Waals surface area contributed by atoms with E-state index in [9.17, 15) is 14.4 Å². The van der Waals surface area contributed by atoms with Gasteiger partial charge >= 0.3 is 6.03 Å². The average Bonchev–Trinajstić information content (AvgIpc) is 2.61. The summed E-state index contributed by atoms with van der Waals surface area (Å²) in [6.45, 7) is 7.43. The van der Waals surface area contributed by atoms with E-state index in [0.717, 1.165) is 0 Å². The van der Waals surface area contributed by atoms with Crippen LogP contribution >= 0.6 is 0 Å². The van der Waals surface area contributed by atoms with Crippen LogP contribution in [-0.2, 0) is 4.79 Å². The van der Waals surface area contributed by atoms with Crippen molar-refractivity contribution < 1.29 is 19.1 Å². The summed E-state index contributed by atoms with van der Waals surface area (Å²) in [5.41, 5.74) is 0.996. The Kier molecular flexibility index (Phi) is 5.01. The lowest BCUT2D eigenvalue weighted by Gasteiger charge is -2.35. The van der Waals surface area contributed by atoms with E-state index in [4.69, 9.17) is 4.74 Å². The Morgan fingerprint density at radius 2 is 1.85 bits per heavy atom. The molecule has 8 nitrogen and oxygen atoms in total. The maximum absolute atomic E-state index is 12.7. The molecule has 2 N–H and O–H groups in total. The van der Waals surface area contributed by atoms with Gasteiger partial charge in [-0.25, -0.2) is 4.79 Å². The summed E-state index contributed by atoms with van der Waals surface area (Å²) >= 11 is 0. The SMILES string of the molecule is CC(C)NC(=O)N1CCN(C(=O)c2ccc3c(c2)NC(=O)C(C)O3)CC1. The normalized spacial score (nSPS) is 19.5. The highest BCUT2D eigenvalue weighted by Crippen LogP contribution is 2.30. The van der Waals surface area contributed by atoms with Gasteiger partial charge in [-0.2, -0.15) is 0 Å². The summed E-state index contributed by atoms with van der Waals surface area (Å²) < 4.78 is 5.51. The minimum absolute atomic E-state index is 0.0813. The predicted molar refractivity (Wildman–Crippen MR) is 96.3 cm³/mol. The topological polar surface area (TPSA) is 91.0 Å². The Morgan fingerprint density at radius 1 is 1.19 bits per heavy atom. The Labute approximate surface area is 152 Å². The predicted octanol–water partition coefficient (Wildman–Crippen LogP) is 1.28. The zero-order chi connectivity index (χ0) is 18.8. The van der Waals surface area contributed by atoms with E-state index in [1.165, 1.54) is 0 Å². The van der Waals surface area contributed by atoms with Crippen LogP contribution in [-0.4, -0.2) is 66.0 Å². The van der Waals surface area contributed by atoms with Crippen LogP contribution in [0.3, 0.4) is 0 Å². The highest BCUT2D eigenvalue weighted by atomic mass is 16.5. The van der Waals surface area contributed by atoms with Gasteiger partial charge in [0.1, 0.15) is 5.75 Å². The Bertz CT molecular complexity index is 726. The fourth-order valence-electron chi connectivity index (χ4n) is 2.98. The molecule has 1 aromatic rings. The molecule has 2 aliphatic rings. The van der Waals surface area contributed by atoms with E-state index in [2.05, 4.69) is 10.6 Å². The van der Waals surface area contributed by atoms with E-state index in [1.54, 1.807) is 34.9 Å². The first-order chi connectivity index (χ1) is 12.3. The molecule has 2 heterocycles. The number of anilines is 1. The molecule has 0 aliphatic carbocycles. The van der Waals surface area contributed by atoms with E-state index in [-0.39, 0.29) is 23.9 Å². The lowest BCUT2D eigenvalue weighted by atomic mass is 10.1. The van der Waals surface area contributed by atoms with Crippen molar-refractivity contribution >= 4 is 23.5 Å². The third-order valence-electron chi connectivity index (χ3n) is 4.42. The molecule has 0 spiro atoms. The molecule has 1 unspecified atom stereocenters. The first-order valence-electron chi connectivity index (χ1n) is 8.81. The first-order valence-corrected chi connectivity index (χ1v) is 8.81. The van der Waals surface area contributed by atoms with E-state index >= 15 is 0 Å².